The van der Waals surface area contributed by atoms with Gasteiger partial charge in [0.25, 0.3) is 5.91 Å². The zero-order valence-corrected chi connectivity index (χ0v) is 16.4. The zero-order valence-electron chi connectivity index (χ0n) is 16.4. The monoisotopic (exact) mass is 388 g/mol. The van der Waals surface area contributed by atoms with Gasteiger partial charge < -0.3 is 20.3 Å². The van der Waals surface area contributed by atoms with Gasteiger partial charge in [-0.3, -0.25) is 4.79 Å². The molecule has 148 valence electrons. The molecule has 1 amide bonds. The number of carbonyl (C=O) groups excluding carboxylic acids is 1. The Morgan fingerprint density at radius 1 is 1.03 bits per heavy atom. The number of rotatable bonds is 5. The molecule has 1 fully saturated rings. The molecule has 2 heterocycles. The Morgan fingerprint density at radius 2 is 1.79 bits per heavy atom. The first-order valence-electron chi connectivity index (χ1n) is 9.72. The summed E-state index contributed by atoms with van der Waals surface area (Å²) in [6, 6.07) is 19.3. The van der Waals surface area contributed by atoms with Crippen LogP contribution in [-0.2, 0) is 4.74 Å². The molecular formula is C23H24N4O2. The quantitative estimate of drug-likeness (QED) is 0.685. The largest absolute Gasteiger partial charge is 0.378 e. The first kappa shape index (κ1) is 19.0. The highest BCUT2D eigenvalue weighted by molar-refractivity contribution is 6.04. The molecule has 29 heavy (non-hydrogen) atoms. The summed E-state index contributed by atoms with van der Waals surface area (Å²) >= 11 is 0. The van der Waals surface area contributed by atoms with E-state index in [1.54, 1.807) is 18.3 Å². The number of nitrogens with one attached hydrogen (secondary N) is 2. The number of aryl methyl sites for hydroxylation is 1. The molecule has 1 saturated heterocycles. The molecule has 0 atom stereocenters. The number of aromatic nitrogens is 1. The Morgan fingerprint density at radius 3 is 2.59 bits per heavy atom. The molecule has 2 N–H and O–H groups in total. The van der Waals surface area contributed by atoms with Gasteiger partial charge in [-0.05, 0) is 43.3 Å². The van der Waals surface area contributed by atoms with Crippen LogP contribution in [0, 0.1) is 6.92 Å². The van der Waals surface area contributed by atoms with E-state index in [2.05, 4.69) is 26.6 Å². The van der Waals surface area contributed by atoms with Crippen LogP contribution in [0.15, 0.2) is 66.9 Å². The number of amides is 1. The fraction of sp³-hybridized carbons (Fsp3) is 0.217. The summed E-state index contributed by atoms with van der Waals surface area (Å²) in [7, 11) is 0. The Hall–Kier alpha value is -3.38. The predicted octanol–water partition coefficient (Wildman–Crippen LogP) is 4.22. The number of para-hydroxylation sites is 2. The molecule has 6 heteroatoms. The van der Waals surface area contributed by atoms with E-state index in [1.165, 1.54) is 0 Å². The summed E-state index contributed by atoms with van der Waals surface area (Å²) < 4.78 is 5.46. The maximum atomic E-state index is 12.6. The highest BCUT2D eigenvalue weighted by atomic mass is 16.5. The molecule has 6 nitrogen and oxygen atoms in total. The second-order valence-corrected chi connectivity index (χ2v) is 6.99. The maximum absolute atomic E-state index is 12.6. The van der Waals surface area contributed by atoms with Crippen molar-refractivity contribution in [2.24, 2.45) is 0 Å². The van der Waals surface area contributed by atoms with Crippen LogP contribution in [0.5, 0.6) is 0 Å². The van der Waals surface area contributed by atoms with Gasteiger partial charge in [-0.2, -0.15) is 0 Å². The Labute approximate surface area is 170 Å². The summed E-state index contributed by atoms with van der Waals surface area (Å²) in [4.78, 5) is 19.3. The lowest BCUT2D eigenvalue weighted by molar-refractivity contribution is 0.102. The van der Waals surface area contributed by atoms with E-state index in [9.17, 15) is 4.79 Å². The molecule has 1 aromatic heterocycles. The topological polar surface area (TPSA) is 66.5 Å². The Balaban J connectivity index is 1.51. The minimum Gasteiger partial charge on any atom is -0.378 e. The van der Waals surface area contributed by atoms with Gasteiger partial charge in [0.2, 0.25) is 0 Å². The summed E-state index contributed by atoms with van der Waals surface area (Å²) in [6.45, 7) is 5.17. The predicted molar refractivity (Wildman–Crippen MR) is 116 cm³/mol. The van der Waals surface area contributed by atoms with Crippen molar-refractivity contribution in [3.8, 4) is 0 Å². The van der Waals surface area contributed by atoms with Gasteiger partial charge in [-0.1, -0.05) is 29.8 Å². The number of benzene rings is 2. The average Bonchev–Trinajstić information content (AvgIpc) is 2.76. The summed E-state index contributed by atoms with van der Waals surface area (Å²) in [6.07, 6.45) is 1.64. The lowest BCUT2D eigenvalue weighted by atomic mass is 10.2. The van der Waals surface area contributed by atoms with Crippen LogP contribution in [0.1, 0.15) is 15.9 Å². The molecule has 0 aliphatic carbocycles. The van der Waals surface area contributed by atoms with Crippen molar-refractivity contribution < 1.29 is 9.53 Å². The Kier molecular flexibility index (Phi) is 5.72. The fourth-order valence-electron chi connectivity index (χ4n) is 3.28. The average molecular weight is 388 g/mol. The summed E-state index contributed by atoms with van der Waals surface area (Å²) in [5.41, 5.74) is 4.53. The minimum atomic E-state index is -0.166. The molecular weight excluding hydrogens is 364 g/mol. The van der Waals surface area contributed by atoms with Gasteiger partial charge in [-0.15, -0.1) is 0 Å². The van der Waals surface area contributed by atoms with Crippen LogP contribution < -0.4 is 15.5 Å². The van der Waals surface area contributed by atoms with Crippen molar-refractivity contribution in [1.82, 2.24) is 4.98 Å². The molecule has 1 aliphatic rings. The summed E-state index contributed by atoms with van der Waals surface area (Å²) in [5, 5.41) is 6.29. The fourth-order valence-corrected chi connectivity index (χ4v) is 3.28. The number of pyridine rings is 1. The number of ether oxygens (including phenoxy) is 1. The van der Waals surface area contributed by atoms with Gasteiger partial charge in [0.15, 0.2) is 0 Å². The number of hydrogen-bond acceptors (Lipinski definition) is 5. The first-order chi connectivity index (χ1) is 14.2. The van der Waals surface area contributed by atoms with Crippen molar-refractivity contribution in [2.45, 2.75) is 6.92 Å². The van der Waals surface area contributed by atoms with Crippen molar-refractivity contribution >= 4 is 28.8 Å². The molecule has 1 aliphatic heterocycles. The maximum Gasteiger partial charge on any atom is 0.255 e. The van der Waals surface area contributed by atoms with Crippen LogP contribution >= 0.6 is 0 Å². The van der Waals surface area contributed by atoms with Crippen molar-refractivity contribution in [3.05, 3.63) is 78.0 Å². The van der Waals surface area contributed by atoms with E-state index in [1.807, 2.05) is 49.4 Å². The van der Waals surface area contributed by atoms with Crippen LogP contribution in [0.25, 0.3) is 0 Å². The number of nitrogens with zero attached hydrogens (tertiary/aromatic N) is 2. The normalized spacial score (nSPS) is 13.8. The van der Waals surface area contributed by atoms with E-state index in [-0.39, 0.29) is 5.91 Å². The second-order valence-electron chi connectivity index (χ2n) is 6.99. The Bertz CT molecular complexity index is 982. The molecule has 0 unspecified atom stereocenters. The van der Waals surface area contributed by atoms with E-state index in [0.29, 0.717) is 11.4 Å². The van der Waals surface area contributed by atoms with Gasteiger partial charge in [-0.25, -0.2) is 4.98 Å². The molecule has 0 spiro atoms. The molecule has 0 bridgehead atoms. The molecule has 4 rings (SSSR count). The van der Waals surface area contributed by atoms with Crippen LogP contribution in [0.4, 0.5) is 22.9 Å². The zero-order chi connectivity index (χ0) is 20.1. The molecule has 2 aromatic carbocycles. The first-order valence-corrected chi connectivity index (χ1v) is 9.72. The third-order valence-electron chi connectivity index (χ3n) is 4.85. The minimum absolute atomic E-state index is 0.166. The van der Waals surface area contributed by atoms with Gasteiger partial charge in [0, 0.05) is 30.5 Å². The number of carbonyl (C=O) groups is 1. The SMILES string of the molecule is Cc1ccc(NC(=O)c2ccnc(Nc3ccccc3N3CCOCC3)c2)cc1. The van der Waals surface area contributed by atoms with Crippen molar-refractivity contribution in [3.63, 3.8) is 0 Å². The highest BCUT2D eigenvalue weighted by Crippen LogP contribution is 2.29. The van der Waals surface area contributed by atoms with Crippen molar-refractivity contribution in [2.75, 3.05) is 41.8 Å². The van der Waals surface area contributed by atoms with Crippen LogP contribution in [0.2, 0.25) is 0 Å². The van der Waals surface area contributed by atoms with E-state index in [4.69, 9.17) is 4.74 Å². The second kappa shape index (κ2) is 8.75. The highest BCUT2D eigenvalue weighted by Gasteiger charge is 2.15. The number of anilines is 4. The van der Waals surface area contributed by atoms with E-state index >= 15 is 0 Å². The van der Waals surface area contributed by atoms with Crippen LogP contribution in [0.3, 0.4) is 0 Å². The van der Waals surface area contributed by atoms with Gasteiger partial charge in [0.1, 0.15) is 5.82 Å². The molecule has 0 radical (unpaired) electrons. The number of hydrogen-bond donors (Lipinski definition) is 2. The van der Waals surface area contributed by atoms with Gasteiger partial charge in [0.05, 0.1) is 24.6 Å². The standard InChI is InChI=1S/C23H24N4O2/c1-17-6-8-19(9-7-17)25-23(28)18-10-11-24-22(16-18)26-20-4-2-3-5-21(20)27-12-14-29-15-13-27/h2-11,16H,12-15H2,1H3,(H,24,26)(H,25,28). The van der Waals surface area contributed by atoms with Crippen LogP contribution in [-0.4, -0.2) is 37.2 Å². The lowest BCUT2D eigenvalue weighted by Crippen LogP contribution is -2.36. The lowest BCUT2D eigenvalue weighted by Gasteiger charge is -2.30. The summed E-state index contributed by atoms with van der Waals surface area (Å²) in [5.74, 6) is 0.461. The molecule has 3 aromatic rings. The van der Waals surface area contributed by atoms with E-state index < -0.39 is 0 Å². The third kappa shape index (κ3) is 4.73. The third-order valence-corrected chi connectivity index (χ3v) is 4.85. The van der Waals surface area contributed by atoms with E-state index in [0.717, 1.165) is 48.9 Å². The number of morpholine rings is 1. The van der Waals surface area contributed by atoms with Gasteiger partial charge >= 0.3 is 0 Å². The smallest absolute Gasteiger partial charge is 0.255 e. The van der Waals surface area contributed by atoms with Crippen molar-refractivity contribution in [1.29, 1.82) is 0 Å². The molecule has 0 saturated carbocycles.